The molecule has 1 heterocycles. The summed E-state index contributed by atoms with van der Waals surface area (Å²) in [6, 6.07) is 15.5. The minimum absolute atomic E-state index is 0.181. The average molecular weight is 441 g/mol. The molecule has 0 unspecified atom stereocenters. The Bertz CT molecular complexity index is 1260. The predicted octanol–water partition coefficient (Wildman–Crippen LogP) is 3.39. The molecule has 0 aliphatic heterocycles. The van der Waals surface area contributed by atoms with E-state index in [1.54, 1.807) is 68.6 Å². The van der Waals surface area contributed by atoms with Crippen LogP contribution in [0.4, 0.5) is 0 Å². The number of aromatic nitrogens is 3. The molecule has 2 aromatic carbocycles. The Labute approximate surface area is 180 Å². The first-order chi connectivity index (χ1) is 14.4. The summed E-state index contributed by atoms with van der Waals surface area (Å²) in [5, 5.41) is 20.2. The second kappa shape index (κ2) is 9.13. The molecule has 1 aromatic heterocycles. The Hall–Kier alpha value is -3.13. The Kier molecular flexibility index (Phi) is 6.56. The molecule has 0 atom stereocenters. The van der Waals surface area contributed by atoms with Crippen LogP contribution in [0.15, 0.2) is 58.5 Å². The topological polar surface area (TPSA) is 107 Å². The molecule has 0 fully saturated rings. The van der Waals surface area contributed by atoms with E-state index >= 15 is 0 Å². The van der Waals surface area contributed by atoms with Crippen LogP contribution in [0.25, 0.3) is 11.4 Å². The summed E-state index contributed by atoms with van der Waals surface area (Å²) in [4.78, 5) is 0.181. The van der Waals surface area contributed by atoms with Crippen molar-refractivity contribution in [1.29, 1.82) is 5.26 Å². The number of hydrogen-bond acceptors (Lipinski definition) is 6. The van der Waals surface area contributed by atoms with E-state index in [-0.39, 0.29) is 9.67 Å². The molecule has 0 saturated heterocycles. The van der Waals surface area contributed by atoms with Gasteiger partial charge >= 0.3 is 0 Å². The number of benzene rings is 2. The summed E-state index contributed by atoms with van der Waals surface area (Å²) >= 11 is 5.27. The standard InChI is InChI=1S/C20H20N6O2S2/c1-3-25(4-2)30(27,28)18-7-5-6-17(12-18)19-23-24-20(29)26(19)22-14-16-10-8-15(13-21)9-11-16/h5-12,14H,3-4H2,1-2H3,(H,24,29)/b22-14-. The van der Waals surface area contributed by atoms with Crippen LogP contribution in [-0.4, -0.2) is 46.9 Å². The number of aromatic amines is 1. The fraction of sp³-hybridized carbons (Fsp3) is 0.200. The zero-order chi connectivity index (χ0) is 21.7. The third kappa shape index (κ3) is 4.38. The molecule has 10 heteroatoms. The van der Waals surface area contributed by atoms with Gasteiger partial charge in [-0.3, -0.25) is 0 Å². The lowest BCUT2D eigenvalue weighted by Gasteiger charge is -2.18. The van der Waals surface area contributed by atoms with Crippen molar-refractivity contribution in [2.45, 2.75) is 18.7 Å². The third-order valence-electron chi connectivity index (χ3n) is 4.45. The maximum Gasteiger partial charge on any atom is 0.243 e. The van der Waals surface area contributed by atoms with E-state index in [9.17, 15) is 8.42 Å². The molecule has 154 valence electrons. The van der Waals surface area contributed by atoms with Gasteiger partial charge in [-0.25, -0.2) is 13.5 Å². The zero-order valence-electron chi connectivity index (χ0n) is 16.5. The van der Waals surface area contributed by atoms with E-state index in [0.717, 1.165) is 5.56 Å². The van der Waals surface area contributed by atoms with Crippen LogP contribution in [0.3, 0.4) is 0 Å². The van der Waals surface area contributed by atoms with Gasteiger partial charge in [0.15, 0.2) is 5.82 Å². The zero-order valence-corrected chi connectivity index (χ0v) is 18.1. The van der Waals surface area contributed by atoms with Gasteiger partial charge in [-0.1, -0.05) is 38.1 Å². The summed E-state index contributed by atoms with van der Waals surface area (Å²) in [5.74, 6) is 0.390. The van der Waals surface area contributed by atoms with E-state index in [2.05, 4.69) is 21.4 Å². The number of nitriles is 1. The van der Waals surface area contributed by atoms with Crippen LogP contribution in [0.1, 0.15) is 25.0 Å². The highest BCUT2D eigenvalue weighted by molar-refractivity contribution is 7.89. The lowest BCUT2D eigenvalue weighted by molar-refractivity contribution is 0.445. The highest BCUT2D eigenvalue weighted by Gasteiger charge is 2.22. The second-order valence-corrected chi connectivity index (χ2v) is 8.58. The summed E-state index contributed by atoms with van der Waals surface area (Å²) < 4.78 is 28.8. The van der Waals surface area contributed by atoms with Crippen LogP contribution in [0.5, 0.6) is 0 Å². The summed E-state index contributed by atoms with van der Waals surface area (Å²) in [5.41, 5.74) is 1.90. The minimum atomic E-state index is -3.60. The molecule has 0 bridgehead atoms. The van der Waals surface area contributed by atoms with Crippen molar-refractivity contribution >= 4 is 28.5 Å². The van der Waals surface area contributed by atoms with E-state index in [1.165, 1.54) is 8.98 Å². The molecular weight excluding hydrogens is 420 g/mol. The van der Waals surface area contributed by atoms with Gasteiger partial charge in [0.05, 0.1) is 22.7 Å². The first-order valence-corrected chi connectivity index (χ1v) is 11.1. The fourth-order valence-corrected chi connectivity index (χ4v) is 4.55. The predicted molar refractivity (Wildman–Crippen MR) is 117 cm³/mol. The van der Waals surface area contributed by atoms with E-state index in [1.807, 2.05) is 0 Å². The number of nitrogens with zero attached hydrogens (tertiary/aromatic N) is 5. The van der Waals surface area contributed by atoms with Gasteiger partial charge in [-0.15, -0.1) is 0 Å². The van der Waals surface area contributed by atoms with Crippen molar-refractivity contribution in [1.82, 2.24) is 19.2 Å². The summed E-state index contributed by atoms with van der Waals surface area (Å²) in [6.45, 7) is 4.37. The Morgan fingerprint density at radius 3 is 2.57 bits per heavy atom. The van der Waals surface area contributed by atoms with Crippen molar-refractivity contribution < 1.29 is 8.42 Å². The number of nitrogens with one attached hydrogen (secondary N) is 1. The van der Waals surface area contributed by atoms with Crippen LogP contribution in [-0.2, 0) is 10.0 Å². The summed E-state index contributed by atoms with van der Waals surface area (Å²) in [6.07, 6.45) is 1.59. The molecule has 3 rings (SSSR count). The average Bonchev–Trinajstić information content (AvgIpc) is 3.13. The smallest absolute Gasteiger partial charge is 0.243 e. The Balaban J connectivity index is 1.99. The number of sulfonamides is 1. The number of rotatable bonds is 7. The molecule has 0 saturated carbocycles. The molecule has 0 radical (unpaired) electrons. The van der Waals surface area contributed by atoms with Crippen molar-refractivity contribution in [3.05, 3.63) is 64.4 Å². The number of H-pyrrole nitrogens is 1. The fourth-order valence-electron chi connectivity index (χ4n) is 2.86. The van der Waals surface area contributed by atoms with E-state index in [0.29, 0.717) is 30.0 Å². The van der Waals surface area contributed by atoms with Crippen molar-refractivity contribution in [3.8, 4) is 17.5 Å². The van der Waals surface area contributed by atoms with Crippen LogP contribution in [0.2, 0.25) is 0 Å². The summed E-state index contributed by atoms with van der Waals surface area (Å²) in [7, 11) is -3.60. The van der Waals surface area contributed by atoms with Gasteiger partial charge < -0.3 is 0 Å². The monoisotopic (exact) mass is 440 g/mol. The van der Waals surface area contributed by atoms with E-state index in [4.69, 9.17) is 17.5 Å². The van der Waals surface area contributed by atoms with Crippen molar-refractivity contribution in [3.63, 3.8) is 0 Å². The highest BCUT2D eigenvalue weighted by atomic mass is 32.2. The molecule has 8 nitrogen and oxygen atoms in total. The molecular formula is C20H20N6O2S2. The van der Waals surface area contributed by atoms with Gasteiger partial charge in [-0.2, -0.15) is 24.4 Å². The lowest BCUT2D eigenvalue weighted by atomic mass is 10.2. The largest absolute Gasteiger partial charge is 0.250 e. The molecule has 30 heavy (non-hydrogen) atoms. The van der Waals surface area contributed by atoms with Gasteiger partial charge in [0.2, 0.25) is 14.8 Å². The minimum Gasteiger partial charge on any atom is -0.250 e. The van der Waals surface area contributed by atoms with Gasteiger partial charge in [0.25, 0.3) is 0 Å². The first-order valence-electron chi connectivity index (χ1n) is 9.23. The molecule has 0 aliphatic carbocycles. The molecule has 3 aromatic rings. The van der Waals surface area contributed by atoms with Gasteiger partial charge in [0.1, 0.15) is 0 Å². The van der Waals surface area contributed by atoms with Crippen LogP contribution in [0, 0.1) is 16.1 Å². The normalized spacial score (nSPS) is 11.8. The molecule has 0 amide bonds. The maximum atomic E-state index is 12.8. The molecule has 1 N–H and O–H groups in total. The molecule has 0 aliphatic rings. The van der Waals surface area contributed by atoms with Crippen molar-refractivity contribution in [2.75, 3.05) is 13.1 Å². The quantitative estimate of drug-likeness (QED) is 0.448. The van der Waals surface area contributed by atoms with Crippen LogP contribution < -0.4 is 0 Å². The van der Waals surface area contributed by atoms with Gasteiger partial charge in [-0.05, 0) is 42.0 Å². The Morgan fingerprint density at radius 2 is 1.93 bits per heavy atom. The Morgan fingerprint density at radius 1 is 1.23 bits per heavy atom. The number of hydrogen-bond donors (Lipinski definition) is 1. The highest BCUT2D eigenvalue weighted by Crippen LogP contribution is 2.23. The lowest BCUT2D eigenvalue weighted by Crippen LogP contribution is -2.30. The third-order valence-corrected chi connectivity index (χ3v) is 6.76. The van der Waals surface area contributed by atoms with Crippen molar-refractivity contribution in [2.24, 2.45) is 5.10 Å². The molecule has 0 spiro atoms. The van der Waals surface area contributed by atoms with Crippen LogP contribution >= 0.6 is 12.2 Å². The van der Waals surface area contributed by atoms with E-state index < -0.39 is 10.0 Å². The maximum absolute atomic E-state index is 12.8. The SMILES string of the molecule is CCN(CC)S(=O)(=O)c1cccc(-c2n[nH]c(=S)n2/N=C\c2ccc(C#N)cc2)c1. The first kappa shape index (κ1) is 21.6. The second-order valence-electron chi connectivity index (χ2n) is 6.26. The van der Waals surface area contributed by atoms with Gasteiger partial charge in [0, 0.05) is 18.7 Å².